The van der Waals surface area contributed by atoms with Gasteiger partial charge in [0.25, 0.3) is 0 Å². The summed E-state index contributed by atoms with van der Waals surface area (Å²) in [6, 6.07) is 4.10. The number of tetrazole rings is 1. The molecule has 6 nitrogen and oxygen atoms in total. The summed E-state index contributed by atoms with van der Waals surface area (Å²) in [7, 11) is 0. The van der Waals surface area contributed by atoms with Crippen LogP contribution in [0.5, 0.6) is 0 Å². The molecule has 1 atom stereocenters. The van der Waals surface area contributed by atoms with Crippen molar-refractivity contribution in [3.05, 3.63) is 28.2 Å². The second-order valence-corrected chi connectivity index (χ2v) is 5.87. The van der Waals surface area contributed by atoms with Crippen LogP contribution in [0.1, 0.15) is 26.3 Å². The lowest BCUT2D eigenvalue weighted by Gasteiger charge is -2.16. The number of aliphatic carboxylic acids is 1. The first-order chi connectivity index (χ1) is 9.90. The standard InChI is InChI=1S/C13H14Cl2N4O2/c1-7(2)5-11(13(20)21)19-12(16-17-18-19)8-3-4-9(14)10(15)6-8/h3-4,6-7,11H,5H2,1-2H3,(H,20,21). The zero-order chi connectivity index (χ0) is 15.6. The van der Waals surface area contributed by atoms with Crippen LogP contribution in [0.15, 0.2) is 18.2 Å². The smallest absolute Gasteiger partial charge is 0.328 e. The molecule has 0 saturated carbocycles. The topological polar surface area (TPSA) is 80.9 Å². The number of carboxylic acid groups (broad SMARTS) is 1. The molecule has 1 aromatic carbocycles. The zero-order valence-electron chi connectivity index (χ0n) is 11.5. The summed E-state index contributed by atoms with van der Waals surface area (Å²) >= 11 is 11.9. The molecule has 8 heteroatoms. The highest BCUT2D eigenvalue weighted by Crippen LogP contribution is 2.29. The van der Waals surface area contributed by atoms with E-state index in [4.69, 9.17) is 23.2 Å². The molecule has 0 radical (unpaired) electrons. The van der Waals surface area contributed by atoms with Gasteiger partial charge in [0.05, 0.1) is 10.0 Å². The van der Waals surface area contributed by atoms with Crippen LogP contribution in [-0.2, 0) is 4.79 Å². The maximum Gasteiger partial charge on any atom is 0.328 e. The number of carbonyl (C=O) groups is 1. The molecular formula is C13H14Cl2N4O2. The van der Waals surface area contributed by atoms with E-state index in [9.17, 15) is 9.90 Å². The van der Waals surface area contributed by atoms with E-state index in [0.717, 1.165) is 0 Å². The molecule has 1 unspecified atom stereocenters. The van der Waals surface area contributed by atoms with Crippen LogP contribution in [0.25, 0.3) is 11.4 Å². The summed E-state index contributed by atoms with van der Waals surface area (Å²) < 4.78 is 1.31. The van der Waals surface area contributed by atoms with Crippen molar-refractivity contribution in [2.75, 3.05) is 0 Å². The molecule has 112 valence electrons. The van der Waals surface area contributed by atoms with Gasteiger partial charge in [-0.05, 0) is 41.0 Å². The van der Waals surface area contributed by atoms with Crippen molar-refractivity contribution in [2.45, 2.75) is 26.3 Å². The van der Waals surface area contributed by atoms with E-state index in [0.29, 0.717) is 27.9 Å². The first-order valence-corrected chi connectivity index (χ1v) is 7.11. The lowest BCUT2D eigenvalue weighted by molar-refractivity contribution is -0.141. The van der Waals surface area contributed by atoms with Gasteiger partial charge in [0, 0.05) is 5.56 Å². The molecule has 0 aliphatic heterocycles. The van der Waals surface area contributed by atoms with E-state index in [-0.39, 0.29) is 5.92 Å². The second-order valence-electron chi connectivity index (χ2n) is 5.06. The van der Waals surface area contributed by atoms with Crippen LogP contribution in [-0.4, -0.2) is 31.3 Å². The Kier molecular flexibility index (Phi) is 4.80. The minimum Gasteiger partial charge on any atom is -0.480 e. The first-order valence-electron chi connectivity index (χ1n) is 6.36. The summed E-state index contributed by atoms with van der Waals surface area (Å²) in [4.78, 5) is 11.5. The normalized spacial score (nSPS) is 12.6. The Labute approximate surface area is 131 Å². The van der Waals surface area contributed by atoms with Crippen LogP contribution in [0.3, 0.4) is 0 Å². The zero-order valence-corrected chi connectivity index (χ0v) is 13.0. The average Bonchev–Trinajstić information content (AvgIpc) is 2.87. The molecule has 0 saturated heterocycles. The maximum atomic E-state index is 11.5. The Bertz CT molecular complexity index is 657. The van der Waals surface area contributed by atoms with E-state index >= 15 is 0 Å². The third-order valence-corrected chi connectivity index (χ3v) is 3.68. The molecule has 2 aromatic rings. The van der Waals surface area contributed by atoms with Gasteiger partial charge in [-0.25, -0.2) is 9.48 Å². The van der Waals surface area contributed by atoms with Crippen LogP contribution < -0.4 is 0 Å². The third kappa shape index (κ3) is 3.51. The van der Waals surface area contributed by atoms with Gasteiger partial charge in [-0.2, -0.15) is 0 Å². The highest BCUT2D eigenvalue weighted by atomic mass is 35.5. The largest absolute Gasteiger partial charge is 0.480 e. The van der Waals surface area contributed by atoms with Gasteiger partial charge in [0.2, 0.25) is 0 Å². The van der Waals surface area contributed by atoms with Gasteiger partial charge >= 0.3 is 5.97 Å². The van der Waals surface area contributed by atoms with Crippen molar-refractivity contribution in [1.29, 1.82) is 0 Å². The number of nitrogens with zero attached hydrogens (tertiary/aromatic N) is 4. The van der Waals surface area contributed by atoms with Crippen molar-refractivity contribution in [1.82, 2.24) is 20.2 Å². The molecule has 0 bridgehead atoms. The van der Waals surface area contributed by atoms with Crippen LogP contribution in [0, 0.1) is 5.92 Å². The van der Waals surface area contributed by atoms with Gasteiger partial charge in [-0.15, -0.1) is 5.10 Å². The summed E-state index contributed by atoms with van der Waals surface area (Å²) in [6.07, 6.45) is 0.425. The molecule has 0 aliphatic rings. The predicted molar refractivity (Wildman–Crippen MR) is 79.4 cm³/mol. The number of hydrogen-bond donors (Lipinski definition) is 1. The number of aromatic nitrogens is 4. The fourth-order valence-electron chi connectivity index (χ4n) is 1.98. The van der Waals surface area contributed by atoms with E-state index in [1.807, 2.05) is 13.8 Å². The maximum absolute atomic E-state index is 11.5. The molecule has 2 rings (SSSR count). The molecule has 1 aromatic heterocycles. The lowest BCUT2D eigenvalue weighted by Crippen LogP contribution is -2.23. The molecule has 0 amide bonds. The summed E-state index contributed by atoms with van der Waals surface area (Å²) in [5, 5.41) is 21.5. The Morgan fingerprint density at radius 3 is 2.62 bits per heavy atom. The van der Waals surface area contributed by atoms with Gasteiger partial charge < -0.3 is 5.11 Å². The molecular weight excluding hydrogens is 315 g/mol. The summed E-state index contributed by atoms with van der Waals surface area (Å²) in [6.45, 7) is 3.89. The van der Waals surface area contributed by atoms with E-state index < -0.39 is 12.0 Å². The SMILES string of the molecule is CC(C)CC(C(=O)O)n1nnnc1-c1ccc(Cl)c(Cl)c1. The Balaban J connectivity index is 2.45. The highest BCUT2D eigenvalue weighted by Gasteiger charge is 2.26. The van der Waals surface area contributed by atoms with Crippen LogP contribution in [0.4, 0.5) is 0 Å². The molecule has 21 heavy (non-hydrogen) atoms. The molecule has 1 heterocycles. The predicted octanol–water partition coefficient (Wildman–Crippen LogP) is 3.32. The van der Waals surface area contributed by atoms with E-state index in [1.54, 1.807) is 18.2 Å². The Hall–Kier alpha value is -1.66. The minimum absolute atomic E-state index is 0.192. The van der Waals surface area contributed by atoms with Crippen LogP contribution >= 0.6 is 23.2 Å². The van der Waals surface area contributed by atoms with Gasteiger partial charge in [-0.1, -0.05) is 37.0 Å². The van der Waals surface area contributed by atoms with Gasteiger partial charge in [0.15, 0.2) is 11.9 Å². The third-order valence-electron chi connectivity index (χ3n) is 2.95. The monoisotopic (exact) mass is 328 g/mol. The molecule has 0 spiro atoms. The number of rotatable bonds is 5. The number of halogens is 2. The van der Waals surface area contributed by atoms with Crippen molar-refractivity contribution >= 4 is 29.2 Å². The number of hydrogen-bond acceptors (Lipinski definition) is 4. The second kappa shape index (κ2) is 6.41. The molecule has 1 N–H and O–H groups in total. The minimum atomic E-state index is -0.975. The highest BCUT2D eigenvalue weighted by molar-refractivity contribution is 6.42. The van der Waals surface area contributed by atoms with Gasteiger partial charge in [0.1, 0.15) is 0 Å². The molecule has 0 fully saturated rings. The van der Waals surface area contributed by atoms with Gasteiger partial charge in [-0.3, -0.25) is 0 Å². The first kappa shape index (κ1) is 15.7. The summed E-state index contributed by atoms with van der Waals surface area (Å²) in [5.41, 5.74) is 0.615. The lowest BCUT2D eigenvalue weighted by atomic mass is 10.0. The average molecular weight is 329 g/mol. The van der Waals surface area contributed by atoms with Crippen LogP contribution in [0.2, 0.25) is 10.0 Å². The van der Waals surface area contributed by atoms with Crippen molar-refractivity contribution in [3.63, 3.8) is 0 Å². The number of benzene rings is 1. The van der Waals surface area contributed by atoms with Crippen molar-refractivity contribution < 1.29 is 9.90 Å². The quantitative estimate of drug-likeness (QED) is 0.910. The van der Waals surface area contributed by atoms with E-state index in [2.05, 4.69) is 15.5 Å². The van der Waals surface area contributed by atoms with E-state index in [1.165, 1.54) is 4.68 Å². The van der Waals surface area contributed by atoms with Crippen molar-refractivity contribution in [2.24, 2.45) is 5.92 Å². The number of carboxylic acids is 1. The van der Waals surface area contributed by atoms with Crippen molar-refractivity contribution in [3.8, 4) is 11.4 Å². The fraction of sp³-hybridized carbons (Fsp3) is 0.385. The fourth-order valence-corrected chi connectivity index (χ4v) is 2.28. The molecule has 0 aliphatic carbocycles. The Morgan fingerprint density at radius 2 is 2.05 bits per heavy atom. The Morgan fingerprint density at radius 1 is 1.33 bits per heavy atom. The summed E-state index contributed by atoms with van der Waals surface area (Å²) in [5.74, 6) is -0.434.